The highest BCUT2D eigenvalue weighted by molar-refractivity contribution is 7.89. The molecular weight excluding hydrogens is 511 g/mol. The number of hydrogen-bond acceptors (Lipinski definition) is 7. The van der Waals surface area contributed by atoms with Crippen LogP contribution in [0.3, 0.4) is 0 Å². The highest BCUT2D eigenvalue weighted by Gasteiger charge is 2.37. The fourth-order valence-electron chi connectivity index (χ4n) is 4.41. The van der Waals surface area contributed by atoms with Gasteiger partial charge in [0.05, 0.1) is 12.1 Å². The number of carbonyl (C=O) groups is 1. The van der Waals surface area contributed by atoms with Crippen molar-refractivity contribution < 1.29 is 26.6 Å². The maximum absolute atomic E-state index is 14.0. The molecule has 1 fully saturated rings. The van der Waals surface area contributed by atoms with Gasteiger partial charge in [-0.1, -0.05) is 28.5 Å². The number of carbonyl (C=O) groups excluding carboxylic acids is 1. The smallest absolute Gasteiger partial charge is 0.248 e. The molecule has 38 heavy (non-hydrogen) atoms. The van der Waals surface area contributed by atoms with Gasteiger partial charge in [-0.25, -0.2) is 12.8 Å². The standard InChI is InChI=1S/C27H25FN4O5S/c1-18-26(25(37-31-18)13-10-19-5-2-3-7-23(19)28)38(34,35)32-16-4-6-21(17-32)27(33)30-22-11-8-20(9-12-22)24-14-15-29-36-24/h2-3,5,7-15,21H,4,6,16-17H2,1H3,(H,30,33). The Hall–Kier alpha value is -4.09. The quantitative estimate of drug-likeness (QED) is 0.354. The first-order valence-electron chi connectivity index (χ1n) is 12.0. The first-order chi connectivity index (χ1) is 18.3. The molecule has 0 bridgehead atoms. The molecule has 1 unspecified atom stereocenters. The van der Waals surface area contributed by atoms with Crippen molar-refractivity contribution in [1.29, 1.82) is 0 Å². The Morgan fingerprint density at radius 3 is 2.63 bits per heavy atom. The molecule has 0 radical (unpaired) electrons. The van der Waals surface area contributed by atoms with Crippen molar-refractivity contribution in [2.45, 2.75) is 24.7 Å². The van der Waals surface area contributed by atoms with Crippen molar-refractivity contribution in [2.24, 2.45) is 5.92 Å². The van der Waals surface area contributed by atoms with E-state index in [1.165, 1.54) is 29.4 Å². The maximum atomic E-state index is 14.0. The number of rotatable bonds is 7. The van der Waals surface area contributed by atoms with E-state index in [2.05, 4.69) is 15.6 Å². The van der Waals surface area contributed by atoms with Crippen molar-refractivity contribution in [3.8, 4) is 11.3 Å². The van der Waals surface area contributed by atoms with Gasteiger partial charge in [-0.15, -0.1) is 0 Å². The maximum Gasteiger partial charge on any atom is 0.248 e. The molecule has 1 aliphatic heterocycles. The highest BCUT2D eigenvalue weighted by atomic mass is 32.2. The molecule has 2 aromatic heterocycles. The second-order valence-corrected chi connectivity index (χ2v) is 10.8. The predicted molar refractivity (Wildman–Crippen MR) is 139 cm³/mol. The Labute approximate surface area is 219 Å². The van der Waals surface area contributed by atoms with Crippen LogP contribution in [0.5, 0.6) is 0 Å². The van der Waals surface area contributed by atoms with Gasteiger partial charge in [0.2, 0.25) is 15.9 Å². The molecule has 1 amide bonds. The molecule has 4 aromatic rings. The van der Waals surface area contributed by atoms with E-state index < -0.39 is 21.8 Å². The van der Waals surface area contributed by atoms with E-state index in [-0.39, 0.29) is 40.9 Å². The largest absolute Gasteiger partial charge is 0.356 e. The van der Waals surface area contributed by atoms with Gasteiger partial charge in [0.15, 0.2) is 16.4 Å². The van der Waals surface area contributed by atoms with Crippen LogP contribution in [-0.2, 0) is 14.8 Å². The molecule has 1 saturated heterocycles. The van der Waals surface area contributed by atoms with Crippen molar-refractivity contribution in [1.82, 2.24) is 14.6 Å². The monoisotopic (exact) mass is 536 g/mol. The number of anilines is 1. The number of piperidine rings is 1. The molecule has 1 aliphatic rings. The second kappa shape index (κ2) is 10.7. The Bertz CT molecular complexity index is 1560. The van der Waals surface area contributed by atoms with Crippen LogP contribution in [-0.4, -0.2) is 42.0 Å². The van der Waals surface area contributed by atoms with Gasteiger partial charge in [0, 0.05) is 36.0 Å². The van der Waals surface area contributed by atoms with Crippen molar-refractivity contribution in [3.63, 3.8) is 0 Å². The number of nitrogens with zero attached hydrogens (tertiary/aromatic N) is 3. The average Bonchev–Trinajstić information content (AvgIpc) is 3.59. The van der Waals surface area contributed by atoms with Crippen LogP contribution < -0.4 is 5.32 Å². The lowest BCUT2D eigenvalue weighted by Crippen LogP contribution is -2.43. The molecular formula is C27H25FN4O5S. The lowest BCUT2D eigenvalue weighted by Gasteiger charge is -2.31. The summed E-state index contributed by atoms with van der Waals surface area (Å²) < 4.78 is 52.9. The fourth-order valence-corrected chi connectivity index (χ4v) is 6.18. The first kappa shape index (κ1) is 25.6. The summed E-state index contributed by atoms with van der Waals surface area (Å²) in [7, 11) is -4.03. The summed E-state index contributed by atoms with van der Waals surface area (Å²) in [6.07, 6.45) is 5.46. The van der Waals surface area contributed by atoms with Gasteiger partial charge >= 0.3 is 0 Å². The van der Waals surface area contributed by atoms with Crippen LogP contribution in [0.1, 0.15) is 29.9 Å². The van der Waals surface area contributed by atoms with Gasteiger partial charge < -0.3 is 14.4 Å². The Morgan fingerprint density at radius 2 is 1.89 bits per heavy atom. The number of halogens is 1. The number of benzene rings is 2. The van der Waals surface area contributed by atoms with E-state index in [0.717, 1.165) is 5.56 Å². The summed E-state index contributed by atoms with van der Waals surface area (Å²) in [5, 5.41) is 10.4. The molecule has 3 heterocycles. The van der Waals surface area contributed by atoms with Crippen LogP contribution in [0.15, 0.2) is 74.7 Å². The van der Waals surface area contributed by atoms with Crippen LogP contribution in [0.2, 0.25) is 0 Å². The first-order valence-corrected chi connectivity index (χ1v) is 13.5. The topological polar surface area (TPSA) is 119 Å². The average molecular weight is 537 g/mol. The summed E-state index contributed by atoms with van der Waals surface area (Å²) in [5.41, 5.74) is 1.89. The third-order valence-electron chi connectivity index (χ3n) is 6.38. The van der Waals surface area contributed by atoms with Gasteiger partial charge in [-0.2, -0.15) is 4.31 Å². The second-order valence-electron chi connectivity index (χ2n) is 8.96. The summed E-state index contributed by atoms with van der Waals surface area (Å²) in [5.74, 6) is -0.627. The van der Waals surface area contributed by atoms with Crippen molar-refractivity contribution >= 4 is 33.8 Å². The van der Waals surface area contributed by atoms with Crippen LogP contribution >= 0.6 is 0 Å². The van der Waals surface area contributed by atoms with Gasteiger partial charge in [0.25, 0.3) is 0 Å². The molecule has 196 valence electrons. The van der Waals surface area contributed by atoms with Gasteiger partial charge in [-0.3, -0.25) is 4.79 Å². The normalized spacial score (nSPS) is 16.6. The Kier molecular flexibility index (Phi) is 7.21. The lowest BCUT2D eigenvalue weighted by molar-refractivity contribution is -0.120. The lowest BCUT2D eigenvalue weighted by atomic mass is 9.98. The van der Waals surface area contributed by atoms with E-state index in [0.29, 0.717) is 24.3 Å². The summed E-state index contributed by atoms with van der Waals surface area (Å²) >= 11 is 0. The molecule has 0 aliphatic carbocycles. The SMILES string of the molecule is Cc1noc(C=Cc2ccccc2F)c1S(=O)(=O)N1CCCC(C(=O)Nc2ccc(-c3ccno3)cc2)C1. The van der Waals surface area contributed by atoms with E-state index in [9.17, 15) is 17.6 Å². The third kappa shape index (κ3) is 5.29. The predicted octanol–water partition coefficient (Wildman–Crippen LogP) is 4.99. The highest BCUT2D eigenvalue weighted by Crippen LogP contribution is 2.30. The van der Waals surface area contributed by atoms with E-state index in [4.69, 9.17) is 9.05 Å². The van der Waals surface area contributed by atoms with Crippen LogP contribution in [0.4, 0.5) is 10.1 Å². The molecule has 1 N–H and O–H groups in total. The van der Waals surface area contributed by atoms with Gasteiger partial charge in [0.1, 0.15) is 11.5 Å². The zero-order valence-corrected chi connectivity index (χ0v) is 21.3. The number of nitrogens with one attached hydrogen (secondary N) is 1. The summed E-state index contributed by atoms with van der Waals surface area (Å²) in [4.78, 5) is 12.9. The molecule has 2 aromatic carbocycles. The summed E-state index contributed by atoms with van der Waals surface area (Å²) in [6, 6.07) is 15.0. The molecule has 11 heteroatoms. The number of aromatic nitrogens is 2. The molecule has 9 nitrogen and oxygen atoms in total. The van der Waals surface area contributed by atoms with E-state index in [1.54, 1.807) is 54.7 Å². The number of aryl methyl sites for hydroxylation is 1. The molecule has 0 saturated carbocycles. The number of hydrogen-bond donors (Lipinski definition) is 1. The number of sulfonamides is 1. The molecule has 0 spiro atoms. The Balaban J connectivity index is 1.30. The minimum atomic E-state index is -4.03. The minimum absolute atomic E-state index is 0.00387. The number of amides is 1. The van der Waals surface area contributed by atoms with E-state index in [1.807, 2.05) is 0 Å². The van der Waals surface area contributed by atoms with Crippen LogP contribution in [0, 0.1) is 18.7 Å². The van der Waals surface area contributed by atoms with Crippen molar-refractivity contribution in [3.05, 3.63) is 83.6 Å². The molecule has 5 rings (SSSR count). The van der Waals surface area contributed by atoms with E-state index >= 15 is 0 Å². The molecule has 1 atom stereocenters. The summed E-state index contributed by atoms with van der Waals surface area (Å²) in [6.45, 7) is 1.82. The zero-order valence-electron chi connectivity index (χ0n) is 20.5. The van der Waals surface area contributed by atoms with Crippen molar-refractivity contribution in [2.75, 3.05) is 18.4 Å². The fraction of sp³-hybridized carbons (Fsp3) is 0.222. The third-order valence-corrected chi connectivity index (χ3v) is 8.40. The Morgan fingerprint density at radius 1 is 1.11 bits per heavy atom. The minimum Gasteiger partial charge on any atom is -0.356 e. The van der Waals surface area contributed by atoms with Crippen LogP contribution in [0.25, 0.3) is 23.5 Å². The van der Waals surface area contributed by atoms with Gasteiger partial charge in [-0.05, 0) is 62.2 Å². The zero-order chi connectivity index (χ0) is 26.7.